The van der Waals surface area contributed by atoms with Crippen LogP contribution in [-0.2, 0) is 10.0 Å². The van der Waals surface area contributed by atoms with Crippen LogP contribution in [0.1, 0.15) is 10.4 Å². The maximum atomic E-state index is 11.8. The highest BCUT2D eigenvalue weighted by atomic mass is 32.2. The van der Waals surface area contributed by atoms with Gasteiger partial charge in [0, 0.05) is 5.56 Å². The van der Waals surface area contributed by atoms with E-state index in [1.165, 1.54) is 23.1 Å². The van der Waals surface area contributed by atoms with E-state index in [0.29, 0.717) is 0 Å². The van der Waals surface area contributed by atoms with Gasteiger partial charge in [0.1, 0.15) is 6.04 Å². The number of imide groups is 1. The minimum atomic E-state index is -3.92. The molecule has 1 unspecified atom stereocenters. The summed E-state index contributed by atoms with van der Waals surface area (Å²) in [6.45, 7) is 0.271. The van der Waals surface area contributed by atoms with Gasteiger partial charge in [0.05, 0.1) is 17.5 Å². The lowest BCUT2D eigenvalue weighted by molar-refractivity contribution is 0.0960. The molecule has 2 rings (SSSR count). The summed E-state index contributed by atoms with van der Waals surface area (Å²) >= 11 is 0. The van der Waals surface area contributed by atoms with Gasteiger partial charge in [0.15, 0.2) is 0 Å². The third-order valence-corrected chi connectivity index (χ3v) is 3.58. The zero-order chi connectivity index (χ0) is 14.9. The van der Waals surface area contributed by atoms with Crippen LogP contribution in [0.4, 0.5) is 4.79 Å². The average Bonchev–Trinajstić information content (AvgIpc) is 3.17. The number of nitrogens with one attached hydrogen (secondary N) is 1. The summed E-state index contributed by atoms with van der Waals surface area (Å²) in [7, 11) is -3.92. The third kappa shape index (κ3) is 2.93. The molecule has 3 amide bonds. The predicted molar refractivity (Wildman–Crippen MR) is 66.8 cm³/mol. The Kier molecular flexibility index (Phi) is 3.44. The maximum absolute atomic E-state index is 11.8. The van der Waals surface area contributed by atoms with Gasteiger partial charge in [0.2, 0.25) is 10.0 Å². The number of carbonyl (C=O) groups is 2. The number of benzene rings is 1. The van der Waals surface area contributed by atoms with Gasteiger partial charge in [0.25, 0.3) is 5.91 Å². The molecule has 8 nitrogen and oxygen atoms in total. The lowest BCUT2D eigenvalue weighted by Crippen LogP contribution is -2.35. The molecule has 0 radical (unpaired) electrons. The van der Waals surface area contributed by atoms with E-state index < -0.39 is 28.0 Å². The molecular weight excluding hydrogens is 284 g/mol. The molecule has 1 aliphatic heterocycles. The molecule has 0 aromatic heterocycles. The first-order chi connectivity index (χ1) is 9.32. The van der Waals surface area contributed by atoms with E-state index in [-0.39, 0.29) is 17.0 Å². The molecule has 1 atom stereocenters. The SMILES string of the molecule is N#CC1CN1C(=O)NC(=O)c1cccc(S(N)(=O)=O)c1. The Balaban J connectivity index is 2.11. The zero-order valence-electron chi connectivity index (χ0n) is 10.1. The summed E-state index contributed by atoms with van der Waals surface area (Å²) in [5.74, 6) is -0.760. The summed E-state index contributed by atoms with van der Waals surface area (Å²) in [5, 5.41) is 15.6. The lowest BCUT2D eigenvalue weighted by Gasteiger charge is -2.06. The molecule has 104 valence electrons. The van der Waals surface area contributed by atoms with Crippen molar-refractivity contribution in [1.29, 1.82) is 5.26 Å². The highest BCUT2D eigenvalue weighted by Gasteiger charge is 2.39. The Labute approximate surface area is 114 Å². The largest absolute Gasteiger partial charge is 0.325 e. The van der Waals surface area contributed by atoms with Crippen molar-refractivity contribution < 1.29 is 18.0 Å². The first-order valence-electron chi connectivity index (χ1n) is 5.47. The highest BCUT2D eigenvalue weighted by molar-refractivity contribution is 7.89. The predicted octanol–water partition coefficient (Wildman–Crippen LogP) is -0.608. The maximum Gasteiger partial charge on any atom is 0.325 e. The van der Waals surface area contributed by atoms with Crippen LogP contribution in [0.25, 0.3) is 0 Å². The summed E-state index contributed by atoms with van der Waals surface area (Å²) in [4.78, 5) is 24.3. The molecule has 1 aliphatic rings. The number of carbonyl (C=O) groups excluding carboxylic acids is 2. The number of hydrogen-bond acceptors (Lipinski definition) is 5. The van der Waals surface area contributed by atoms with E-state index >= 15 is 0 Å². The van der Waals surface area contributed by atoms with E-state index in [2.05, 4.69) is 5.32 Å². The summed E-state index contributed by atoms with van der Waals surface area (Å²) in [6, 6.07) is 5.66. The number of hydrogen-bond donors (Lipinski definition) is 2. The number of nitriles is 1. The molecule has 1 fully saturated rings. The fourth-order valence-corrected chi connectivity index (χ4v) is 2.09. The number of sulfonamides is 1. The molecule has 9 heteroatoms. The van der Waals surface area contributed by atoms with Gasteiger partial charge in [-0.3, -0.25) is 10.1 Å². The molecule has 1 saturated heterocycles. The van der Waals surface area contributed by atoms with Gasteiger partial charge in [-0.25, -0.2) is 18.4 Å². The van der Waals surface area contributed by atoms with Crippen LogP contribution in [0.2, 0.25) is 0 Å². The molecule has 3 N–H and O–H groups in total. The van der Waals surface area contributed by atoms with Crippen molar-refractivity contribution >= 4 is 22.0 Å². The normalized spacial score (nSPS) is 17.2. The van der Waals surface area contributed by atoms with E-state index in [1.807, 2.05) is 6.07 Å². The second kappa shape index (κ2) is 4.92. The van der Waals surface area contributed by atoms with E-state index in [0.717, 1.165) is 6.07 Å². The van der Waals surface area contributed by atoms with Gasteiger partial charge in [-0.1, -0.05) is 6.07 Å². The number of urea groups is 1. The van der Waals surface area contributed by atoms with Crippen molar-refractivity contribution in [1.82, 2.24) is 10.2 Å². The average molecular weight is 294 g/mol. The quantitative estimate of drug-likeness (QED) is 0.702. The molecular formula is C11H10N4O4S. The van der Waals surface area contributed by atoms with E-state index in [9.17, 15) is 18.0 Å². The topological polar surface area (TPSA) is 133 Å². The minimum absolute atomic E-state index is 0.0137. The summed E-state index contributed by atoms with van der Waals surface area (Å²) in [6.07, 6.45) is 0. The van der Waals surface area contributed by atoms with Crippen LogP contribution >= 0.6 is 0 Å². The molecule has 20 heavy (non-hydrogen) atoms. The Morgan fingerprint density at radius 3 is 2.70 bits per heavy atom. The fourth-order valence-electron chi connectivity index (χ4n) is 1.53. The minimum Gasteiger partial charge on any atom is -0.303 e. The Morgan fingerprint density at radius 1 is 1.45 bits per heavy atom. The van der Waals surface area contributed by atoms with E-state index in [4.69, 9.17) is 10.4 Å². The fraction of sp³-hybridized carbons (Fsp3) is 0.182. The number of primary sulfonamides is 1. The molecule has 1 aromatic carbocycles. The zero-order valence-corrected chi connectivity index (χ0v) is 10.9. The van der Waals surface area contributed by atoms with Crippen molar-refractivity contribution in [3.63, 3.8) is 0 Å². The molecule has 0 spiro atoms. The summed E-state index contributed by atoms with van der Waals surface area (Å²) < 4.78 is 22.3. The van der Waals surface area contributed by atoms with Gasteiger partial charge < -0.3 is 4.90 Å². The van der Waals surface area contributed by atoms with Gasteiger partial charge in [-0.05, 0) is 18.2 Å². The highest BCUT2D eigenvalue weighted by Crippen LogP contribution is 2.16. The number of nitrogens with two attached hydrogens (primary N) is 1. The van der Waals surface area contributed by atoms with Crippen LogP contribution in [0.15, 0.2) is 29.2 Å². The van der Waals surface area contributed by atoms with E-state index in [1.54, 1.807) is 0 Å². The number of amides is 3. The van der Waals surface area contributed by atoms with Crippen molar-refractivity contribution in [3.8, 4) is 6.07 Å². The van der Waals surface area contributed by atoms with Gasteiger partial charge in [-0.2, -0.15) is 5.26 Å². The van der Waals surface area contributed by atoms with Crippen molar-refractivity contribution in [2.24, 2.45) is 5.14 Å². The van der Waals surface area contributed by atoms with Crippen LogP contribution in [0.5, 0.6) is 0 Å². The second-order valence-electron chi connectivity index (χ2n) is 4.13. The van der Waals surface area contributed by atoms with Crippen LogP contribution < -0.4 is 10.5 Å². The van der Waals surface area contributed by atoms with Gasteiger partial charge >= 0.3 is 6.03 Å². The molecule has 1 heterocycles. The molecule has 0 bridgehead atoms. The molecule has 1 aromatic rings. The monoisotopic (exact) mass is 294 g/mol. The van der Waals surface area contributed by atoms with Gasteiger partial charge in [-0.15, -0.1) is 0 Å². The standard InChI is InChI=1S/C11H10N4O4S/c12-5-8-6-15(8)11(17)14-10(16)7-2-1-3-9(4-7)20(13,18)19/h1-4,8H,6H2,(H2,13,18,19)(H,14,16,17). The van der Waals surface area contributed by atoms with Crippen molar-refractivity contribution in [2.75, 3.05) is 6.54 Å². The lowest BCUT2D eigenvalue weighted by atomic mass is 10.2. The summed E-state index contributed by atoms with van der Waals surface area (Å²) in [5.41, 5.74) is -0.0137. The number of rotatable bonds is 2. The first-order valence-corrected chi connectivity index (χ1v) is 7.02. The first kappa shape index (κ1) is 14.0. The molecule has 0 saturated carbocycles. The third-order valence-electron chi connectivity index (χ3n) is 2.67. The van der Waals surface area contributed by atoms with Crippen molar-refractivity contribution in [2.45, 2.75) is 10.9 Å². The molecule has 0 aliphatic carbocycles. The second-order valence-corrected chi connectivity index (χ2v) is 5.69. The Morgan fingerprint density at radius 2 is 2.15 bits per heavy atom. The van der Waals surface area contributed by atoms with Crippen LogP contribution in [0.3, 0.4) is 0 Å². The van der Waals surface area contributed by atoms with Crippen LogP contribution in [0, 0.1) is 11.3 Å². The smallest absolute Gasteiger partial charge is 0.303 e. The van der Waals surface area contributed by atoms with Crippen LogP contribution in [-0.4, -0.2) is 37.8 Å². The van der Waals surface area contributed by atoms with Crippen molar-refractivity contribution in [3.05, 3.63) is 29.8 Å². The number of nitrogens with zero attached hydrogens (tertiary/aromatic N) is 2. The Bertz CT molecular complexity index is 722. The Hall–Kier alpha value is -2.44.